The molecule has 1 atom stereocenters. The predicted octanol–water partition coefficient (Wildman–Crippen LogP) is 3.28. The van der Waals surface area contributed by atoms with Gasteiger partial charge in [-0.1, -0.05) is 56.3 Å². The molecule has 0 aliphatic rings. The van der Waals surface area contributed by atoms with Gasteiger partial charge in [0, 0.05) is 6.04 Å². The van der Waals surface area contributed by atoms with Crippen molar-refractivity contribution in [2.45, 2.75) is 30.7 Å². The molecule has 0 saturated carbocycles. The highest BCUT2D eigenvalue weighted by atomic mass is 32.2. The van der Waals surface area contributed by atoms with Crippen molar-refractivity contribution in [1.29, 1.82) is 0 Å². The Morgan fingerprint density at radius 2 is 1.48 bits per heavy atom. The molecule has 2 N–H and O–H groups in total. The van der Waals surface area contributed by atoms with Crippen LogP contribution in [0.3, 0.4) is 0 Å². The third-order valence-electron chi connectivity index (χ3n) is 3.53. The van der Waals surface area contributed by atoms with Crippen molar-refractivity contribution in [1.82, 2.24) is 0 Å². The maximum atomic E-state index is 12.4. The fourth-order valence-electron chi connectivity index (χ4n) is 2.19. The van der Waals surface area contributed by atoms with E-state index >= 15 is 0 Å². The van der Waals surface area contributed by atoms with Crippen molar-refractivity contribution in [2.75, 3.05) is 5.75 Å². The van der Waals surface area contributed by atoms with Crippen LogP contribution >= 0.6 is 0 Å². The summed E-state index contributed by atoms with van der Waals surface area (Å²) >= 11 is 0. The minimum Gasteiger partial charge on any atom is -0.323 e. The molecule has 21 heavy (non-hydrogen) atoms. The third kappa shape index (κ3) is 3.93. The highest BCUT2D eigenvalue weighted by Gasteiger charge is 2.20. The Hall–Kier alpha value is -1.65. The first kappa shape index (κ1) is 15.7. The summed E-state index contributed by atoms with van der Waals surface area (Å²) in [5.41, 5.74) is 7.98. The van der Waals surface area contributed by atoms with E-state index in [9.17, 15) is 8.42 Å². The van der Waals surface area contributed by atoms with E-state index in [0.29, 0.717) is 10.8 Å². The molecule has 0 bridgehead atoms. The van der Waals surface area contributed by atoms with E-state index in [2.05, 4.69) is 13.8 Å². The second-order valence-electron chi connectivity index (χ2n) is 5.52. The van der Waals surface area contributed by atoms with Crippen molar-refractivity contribution in [3.63, 3.8) is 0 Å². The van der Waals surface area contributed by atoms with Gasteiger partial charge in [-0.15, -0.1) is 0 Å². The molecule has 0 fully saturated rings. The number of rotatable bonds is 5. The van der Waals surface area contributed by atoms with Gasteiger partial charge < -0.3 is 5.73 Å². The Kier molecular flexibility index (Phi) is 4.80. The van der Waals surface area contributed by atoms with Gasteiger partial charge in [-0.3, -0.25) is 0 Å². The second kappa shape index (κ2) is 6.41. The molecule has 0 amide bonds. The number of hydrogen-bond donors (Lipinski definition) is 1. The standard InChI is InChI=1S/C17H21NO2S/c1-13(2)14-8-10-16(11-9-14)21(19,20)12-17(18)15-6-4-3-5-7-15/h3-11,13,17H,12,18H2,1-2H3. The molecular formula is C17H21NO2S. The van der Waals surface area contributed by atoms with Gasteiger partial charge in [-0.2, -0.15) is 0 Å². The lowest BCUT2D eigenvalue weighted by molar-refractivity contribution is 0.589. The lowest BCUT2D eigenvalue weighted by Crippen LogP contribution is -2.21. The van der Waals surface area contributed by atoms with Crippen LogP contribution in [-0.2, 0) is 9.84 Å². The largest absolute Gasteiger partial charge is 0.323 e. The minimum atomic E-state index is -3.38. The van der Waals surface area contributed by atoms with Crippen LogP contribution in [0.2, 0.25) is 0 Å². The minimum absolute atomic E-state index is 0.0853. The summed E-state index contributed by atoms with van der Waals surface area (Å²) in [6, 6.07) is 15.9. The van der Waals surface area contributed by atoms with Crippen molar-refractivity contribution in [2.24, 2.45) is 5.73 Å². The van der Waals surface area contributed by atoms with E-state index in [1.54, 1.807) is 12.1 Å². The Bertz CT molecular complexity index is 676. The van der Waals surface area contributed by atoms with Gasteiger partial charge in [0.25, 0.3) is 0 Å². The van der Waals surface area contributed by atoms with Crippen molar-refractivity contribution in [3.8, 4) is 0 Å². The van der Waals surface area contributed by atoms with E-state index < -0.39 is 15.9 Å². The number of nitrogens with two attached hydrogens (primary N) is 1. The van der Waals surface area contributed by atoms with Crippen molar-refractivity contribution in [3.05, 3.63) is 65.7 Å². The van der Waals surface area contributed by atoms with Crippen LogP contribution in [0.25, 0.3) is 0 Å². The van der Waals surface area contributed by atoms with E-state index in [0.717, 1.165) is 11.1 Å². The van der Waals surface area contributed by atoms with Crippen LogP contribution in [-0.4, -0.2) is 14.2 Å². The van der Waals surface area contributed by atoms with Crippen LogP contribution in [0.1, 0.15) is 36.9 Å². The molecule has 0 aliphatic heterocycles. The fraction of sp³-hybridized carbons (Fsp3) is 0.294. The molecule has 2 aromatic rings. The molecular weight excluding hydrogens is 282 g/mol. The van der Waals surface area contributed by atoms with Crippen LogP contribution in [0.4, 0.5) is 0 Å². The normalized spacial score (nSPS) is 13.3. The van der Waals surface area contributed by atoms with Gasteiger partial charge in [-0.25, -0.2) is 8.42 Å². The Balaban J connectivity index is 2.18. The van der Waals surface area contributed by atoms with Gasteiger partial charge >= 0.3 is 0 Å². The van der Waals surface area contributed by atoms with Gasteiger partial charge in [0.2, 0.25) is 0 Å². The van der Waals surface area contributed by atoms with Crippen molar-refractivity contribution < 1.29 is 8.42 Å². The predicted molar refractivity (Wildman–Crippen MR) is 86.0 cm³/mol. The molecule has 4 heteroatoms. The summed E-state index contributed by atoms with van der Waals surface area (Å²) in [5, 5.41) is 0. The summed E-state index contributed by atoms with van der Waals surface area (Å²) in [4.78, 5) is 0.332. The quantitative estimate of drug-likeness (QED) is 0.922. The molecule has 1 unspecified atom stereocenters. The van der Waals surface area contributed by atoms with E-state index in [1.807, 2.05) is 42.5 Å². The lowest BCUT2D eigenvalue weighted by atomic mass is 10.0. The molecule has 3 nitrogen and oxygen atoms in total. The third-order valence-corrected chi connectivity index (χ3v) is 5.32. The highest BCUT2D eigenvalue weighted by Crippen LogP contribution is 2.21. The SMILES string of the molecule is CC(C)c1ccc(S(=O)(=O)CC(N)c2ccccc2)cc1. The zero-order valence-corrected chi connectivity index (χ0v) is 13.2. The van der Waals surface area contributed by atoms with Crippen LogP contribution < -0.4 is 5.73 Å². The molecule has 2 rings (SSSR count). The zero-order valence-electron chi connectivity index (χ0n) is 12.4. The number of sulfone groups is 1. The molecule has 112 valence electrons. The molecule has 0 saturated heterocycles. The molecule has 0 spiro atoms. The van der Waals surface area contributed by atoms with Crippen LogP contribution in [0.5, 0.6) is 0 Å². The zero-order chi connectivity index (χ0) is 15.5. The molecule has 0 aromatic heterocycles. The van der Waals surface area contributed by atoms with Gasteiger partial charge in [0.1, 0.15) is 0 Å². The Morgan fingerprint density at radius 1 is 0.905 bits per heavy atom. The van der Waals surface area contributed by atoms with Crippen molar-refractivity contribution >= 4 is 9.84 Å². The Morgan fingerprint density at radius 3 is 2.00 bits per heavy atom. The molecule has 0 aliphatic carbocycles. The highest BCUT2D eigenvalue weighted by molar-refractivity contribution is 7.91. The first-order valence-corrected chi connectivity index (χ1v) is 8.68. The summed E-state index contributed by atoms with van der Waals surface area (Å²) in [6.45, 7) is 4.16. The molecule has 0 heterocycles. The molecule has 2 aromatic carbocycles. The fourth-order valence-corrected chi connectivity index (χ4v) is 3.60. The average molecular weight is 303 g/mol. The van der Waals surface area contributed by atoms with Gasteiger partial charge in [0.15, 0.2) is 9.84 Å². The number of benzene rings is 2. The topological polar surface area (TPSA) is 60.2 Å². The first-order chi connectivity index (χ1) is 9.90. The Labute approximate surface area is 126 Å². The summed E-state index contributed by atoms with van der Waals surface area (Å²) < 4.78 is 24.8. The summed E-state index contributed by atoms with van der Waals surface area (Å²) in [5.74, 6) is 0.297. The van der Waals surface area contributed by atoms with E-state index in [1.165, 1.54) is 0 Å². The average Bonchev–Trinajstić information content (AvgIpc) is 2.48. The van der Waals surface area contributed by atoms with Gasteiger partial charge in [0.05, 0.1) is 10.6 Å². The van der Waals surface area contributed by atoms with Crippen LogP contribution in [0, 0.1) is 0 Å². The summed E-state index contributed by atoms with van der Waals surface area (Å²) in [7, 11) is -3.38. The summed E-state index contributed by atoms with van der Waals surface area (Å²) in [6.07, 6.45) is 0. The maximum Gasteiger partial charge on any atom is 0.180 e. The molecule has 0 radical (unpaired) electrons. The lowest BCUT2D eigenvalue weighted by Gasteiger charge is -2.13. The monoisotopic (exact) mass is 303 g/mol. The van der Waals surface area contributed by atoms with E-state index in [-0.39, 0.29) is 5.75 Å². The smallest absolute Gasteiger partial charge is 0.180 e. The van der Waals surface area contributed by atoms with Gasteiger partial charge in [-0.05, 0) is 29.2 Å². The first-order valence-electron chi connectivity index (χ1n) is 7.03. The van der Waals surface area contributed by atoms with Crippen LogP contribution in [0.15, 0.2) is 59.5 Å². The van der Waals surface area contributed by atoms with E-state index in [4.69, 9.17) is 5.73 Å². The number of hydrogen-bond acceptors (Lipinski definition) is 3. The maximum absolute atomic E-state index is 12.4. The second-order valence-corrected chi connectivity index (χ2v) is 7.56.